The average Bonchev–Trinajstić information content (AvgIpc) is 2.79. The van der Waals surface area contributed by atoms with Crippen molar-refractivity contribution < 1.29 is 13.9 Å². The van der Waals surface area contributed by atoms with E-state index in [4.69, 9.17) is 4.74 Å². The zero-order valence-corrected chi connectivity index (χ0v) is 11.9. The molecule has 2 rings (SSSR count). The van der Waals surface area contributed by atoms with Gasteiger partial charge in [-0.25, -0.2) is 4.39 Å². The molecule has 0 heterocycles. The summed E-state index contributed by atoms with van der Waals surface area (Å²) in [6, 6.07) is 0. The molecule has 0 saturated heterocycles. The minimum Gasteiger partial charge on any atom is -0.460 e. The van der Waals surface area contributed by atoms with Gasteiger partial charge >= 0.3 is 5.97 Å². The van der Waals surface area contributed by atoms with Crippen LogP contribution < -0.4 is 0 Å². The maximum absolute atomic E-state index is 14.1. The van der Waals surface area contributed by atoms with E-state index in [1.807, 2.05) is 27.7 Å². The highest BCUT2D eigenvalue weighted by Crippen LogP contribution is 2.52. The molecule has 5 unspecified atom stereocenters. The Bertz CT molecular complexity index is 319. The predicted molar refractivity (Wildman–Crippen MR) is 68.8 cm³/mol. The van der Waals surface area contributed by atoms with Crippen molar-refractivity contribution in [1.82, 2.24) is 0 Å². The molecule has 104 valence electrons. The first kappa shape index (κ1) is 13.8. The second kappa shape index (κ2) is 4.82. The second-order valence-electron chi connectivity index (χ2n) is 7.11. The van der Waals surface area contributed by atoms with E-state index in [0.29, 0.717) is 12.3 Å². The molecular formula is C15H25FO2. The monoisotopic (exact) mass is 256 g/mol. The summed E-state index contributed by atoms with van der Waals surface area (Å²) in [7, 11) is 0. The Morgan fingerprint density at radius 1 is 1.33 bits per heavy atom. The van der Waals surface area contributed by atoms with Gasteiger partial charge in [0.1, 0.15) is 11.8 Å². The summed E-state index contributed by atoms with van der Waals surface area (Å²) in [6.07, 6.45) is 3.19. The lowest BCUT2D eigenvalue weighted by Gasteiger charge is -2.28. The number of esters is 1. The minimum absolute atomic E-state index is 0.0891. The number of halogens is 1. The van der Waals surface area contributed by atoms with Crippen molar-refractivity contribution in [2.75, 3.05) is 0 Å². The summed E-state index contributed by atoms with van der Waals surface area (Å²) >= 11 is 0. The molecule has 0 aliphatic heterocycles. The van der Waals surface area contributed by atoms with Gasteiger partial charge < -0.3 is 4.74 Å². The summed E-state index contributed by atoms with van der Waals surface area (Å²) in [6.45, 7) is 7.47. The fraction of sp³-hybridized carbons (Fsp3) is 0.933. The zero-order valence-electron chi connectivity index (χ0n) is 11.9. The smallest absolute Gasteiger partial charge is 0.309 e. The maximum atomic E-state index is 14.1. The van der Waals surface area contributed by atoms with Crippen LogP contribution in [0.4, 0.5) is 4.39 Å². The van der Waals surface area contributed by atoms with E-state index in [9.17, 15) is 9.18 Å². The van der Waals surface area contributed by atoms with Gasteiger partial charge in [0.25, 0.3) is 0 Å². The Hall–Kier alpha value is -0.600. The van der Waals surface area contributed by atoms with Crippen molar-refractivity contribution in [3.63, 3.8) is 0 Å². The topological polar surface area (TPSA) is 26.3 Å². The number of carbonyl (C=O) groups is 1. The van der Waals surface area contributed by atoms with Crippen LogP contribution in [-0.2, 0) is 9.53 Å². The number of fused-ring (bicyclic) bond motifs is 2. The molecule has 0 spiro atoms. The van der Waals surface area contributed by atoms with Gasteiger partial charge in [-0.2, -0.15) is 0 Å². The van der Waals surface area contributed by atoms with Crippen LogP contribution >= 0.6 is 0 Å². The van der Waals surface area contributed by atoms with E-state index < -0.39 is 11.8 Å². The van der Waals surface area contributed by atoms with Crippen molar-refractivity contribution in [3.05, 3.63) is 0 Å². The Morgan fingerprint density at radius 2 is 1.94 bits per heavy atom. The van der Waals surface area contributed by atoms with Crippen molar-refractivity contribution >= 4 is 5.97 Å². The first-order chi connectivity index (χ1) is 8.28. The molecule has 2 aliphatic rings. The summed E-state index contributed by atoms with van der Waals surface area (Å²) in [4.78, 5) is 11.9. The number of hydrogen-bond donors (Lipinski definition) is 0. The molecule has 0 amide bonds. The number of hydrogen-bond acceptors (Lipinski definition) is 2. The SMILES string of the molecule is CC(CC1C2CCC(C2)C1F)C(=O)OC(C)(C)C. The minimum atomic E-state index is -0.686. The van der Waals surface area contributed by atoms with Crippen LogP contribution in [0.5, 0.6) is 0 Å². The Labute approximate surface area is 109 Å². The highest BCUT2D eigenvalue weighted by molar-refractivity contribution is 5.72. The molecule has 2 bridgehead atoms. The van der Waals surface area contributed by atoms with Crippen LogP contribution in [0.1, 0.15) is 53.4 Å². The van der Waals surface area contributed by atoms with E-state index in [-0.39, 0.29) is 23.7 Å². The lowest BCUT2D eigenvalue weighted by Crippen LogP contribution is -2.31. The molecule has 0 aromatic heterocycles. The van der Waals surface area contributed by atoms with Crippen molar-refractivity contribution in [2.45, 2.75) is 65.2 Å². The molecule has 18 heavy (non-hydrogen) atoms. The van der Waals surface area contributed by atoms with E-state index in [2.05, 4.69) is 0 Å². The third-order valence-electron chi connectivity index (χ3n) is 4.41. The highest BCUT2D eigenvalue weighted by atomic mass is 19.1. The standard InChI is InChI=1S/C15H25FO2/c1-9(14(17)18-15(2,3)4)7-12-10-5-6-11(8-10)13(12)16/h9-13H,5-8H2,1-4H3. The number of ether oxygens (including phenoxy) is 1. The average molecular weight is 256 g/mol. The van der Waals surface area contributed by atoms with Gasteiger partial charge in [-0.15, -0.1) is 0 Å². The molecule has 2 nitrogen and oxygen atoms in total. The molecule has 2 aliphatic carbocycles. The van der Waals surface area contributed by atoms with Gasteiger partial charge in [-0.05, 0) is 64.2 Å². The molecule has 0 aromatic carbocycles. The van der Waals surface area contributed by atoms with Gasteiger partial charge in [0.2, 0.25) is 0 Å². The van der Waals surface area contributed by atoms with E-state index in [1.54, 1.807) is 0 Å². The van der Waals surface area contributed by atoms with Crippen LogP contribution in [0.2, 0.25) is 0 Å². The van der Waals surface area contributed by atoms with Gasteiger partial charge in [0, 0.05) is 0 Å². The molecule has 3 heteroatoms. The third-order valence-corrected chi connectivity index (χ3v) is 4.41. The second-order valence-corrected chi connectivity index (χ2v) is 7.11. The highest BCUT2D eigenvalue weighted by Gasteiger charge is 2.48. The molecule has 2 saturated carbocycles. The summed E-state index contributed by atoms with van der Waals surface area (Å²) < 4.78 is 19.5. The van der Waals surface area contributed by atoms with Crippen molar-refractivity contribution in [2.24, 2.45) is 23.7 Å². The predicted octanol–water partition coefficient (Wildman–Crippen LogP) is 3.74. The van der Waals surface area contributed by atoms with Crippen LogP contribution in [0.15, 0.2) is 0 Å². The molecular weight excluding hydrogens is 231 g/mol. The molecule has 5 atom stereocenters. The quantitative estimate of drug-likeness (QED) is 0.719. The first-order valence-electron chi connectivity index (χ1n) is 7.15. The maximum Gasteiger partial charge on any atom is 0.309 e. The van der Waals surface area contributed by atoms with E-state index in [0.717, 1.165) is 19.3 Å². The number of alkyl halides is 1. The van der Waals surface area contributed by atoms with Crippen molar-refractivity contribution in [1.29, 1.82) is 0 Å². The van der Waals surface area contributed by atoms with Gasteiger partial charge in [0.05, 0.1) is 5.92 Å². The Kier molecular flexibility index (Phi) is 3.70. The fourth-order valence-corrected chi connectivity index (χ4v) is 3.57. The van der Waals surface area contributed by atoms with Crippen molar-refractivity contribution in [3.8, 4) is 0 Å². The first-order valence-corrected chi connectivity index (χ1v) is 7.15. The van der Waals surface area contributed by atoms with Crippen LogP contribution in [0.3, 0.4) is 0 Å². The fourth-order valence-electron chi connectivity index (χ4n) is 3.57. The summed E-state index contributed by atoms with van der Waals surface area (Å²) in [5, 5.41) is 0. The zero-order chi connectivity index (χ0) is 13.5. The van der Waals surface area contributed by atoms with Gasteiger partial charge in [0.15, 0.2) is 0 Å². The van der Waals surface area contributed by atoms with Crippen LogP contribution in [0, 0.1) is 23.7 Å². The normalized spacial score (nSPS) is 36.7. The largest absolute Gasteiger partial charge is 0.460 e. The molecule has 2 fully saturated rings. The molecule has 0 aromatic rings. The molecule has 0 radical (unpaired) electrons. The Balaban J connectivity index is 1.88. The lowest BCUT2D eigenvalue weighted by atomic mass is 9.81. The van der Waals surface area contributed by atoms with E-state index in [1.165, 1.54) is 0 Å². The third kappa shape index (κ3) is 2.86. The Morgan fingerprint density at radius 3 is 2.44 bits per heavy atom. The molecule has 0 N–H and O–H groups in total. The van der Waals surface area contributed by atoms with Gasteiger partial charge in [-0.3, -0.25) is 4.79 Å². The summed E-state index contributed by atoms with van der Waals surface area (Å²) in [5.74, 6) is 0.497. The van der Waals surface area contributed by atoms with E-state index >= 15 is 0 Å². The summed E-state index contributed by atoms with van der Waals surface area (Å²) in [5.41, 5.74) is -0.449. The van der Waals surface area contributed by atoms with Crippen LogP contribution in [0.25, 0.3) is 0 Å². The van der Waals surface area contributed by atoms with Crippen LogP contribution in [-0.4, -0.2) is 17.7 Å². The number of rotatable bonds is 3. The van der Waals surface area contributed by atoms with Gasteiger partial charge in [-0.1, -0.05) is 6.92 Å². The lowest BCUT2D eigenvalue weighted by molar-refractivity contribution is -0.160. The number of carbonyl (C=O) groups excluding carboxylic acids is 1.